The fourth-order valence-electron chi connectivity index (χ4n) is 4.14. The Balaban J connectivity index is 1.76. The summed E-state index contributed by atoms with van der Waals surface area (Å²) in [5.41, 5.74) is 1.84. The van der Waals surface area contributed by atoms with Crippen molar-refractivity contribution in [2.24, 2.45) is 11.3 Å². The van der Waals surface area contributed by atoms with Gasteiger partial charge in [-0.15, -0.1) is 0 Å². The van der Waals surface area contributed by atoms with Gasteiger partial charge >= 0.3 is 11.9 Å². The van der Waals surface area contributed by atoms with Gasteiger partial charge in [0.25, 0.3) is 0 Å². The molecule has 0 amide bonds. The van der Waals surface area contributed by atoms with Gasteiger partial charge in [-0.25, -0.2) is 0 Å². The zero-order chi connectivity index (χ0) is 17.6. The van der Waals surface area contributed by atoms with Crippen LogP contribution in [0.4, 0.5) is 0 Å². The number of cyclic esters (lactones) is 1. The van der Waals surface area contributed by atoms with Gasteiger partial charge in [0.2, 0.25) is 0 Å². The largest absolute Gasteiger partial charge is 0.465 e. The average molecular weight is 336 g/mol. The van der Waals surface area contributed by atoms with Crippen LogP contribution in [0.25, 0.3) is 0 Å². The van der Waals surface area contributed by atoms with E-state index in [0.717, 1.165) is 16.7 Å². The van der Waals surface area contributed by atoms with E-state index in [1.54, 1.807) is 6.92 Å². The summed E-state index contributed by atoms with van der Waals surface area (Å²) in [6, 6.07) is 17.6. The molecule has 1 saturated carbocycles. The molecule has 1 aliphatic carbocycles. The monoisotopic (exact) mass is 336 g/mol. The van der Waals surface area contributed by atoms with Crippen LogP contribution in [0.5, 0.6) is 0 Å². The predicted octanol–water partition coefficient (Wildman–Crippen LogP) is 3.56. The second kappa shape index (κ2) is 5.73. The molecular formula is C21H20O4. The van der Waals surface area contributed by atoms with Gasteiger partial charge in [0.15, 0.2) is 5.41 Å². The van der Waals surface area contributed by atoms with Gasteiger partial charge in [-0.3, -0.25) is 9.59 Å². The number of aryl methyl sites for hydroxylation is 1. The molecule has 128 valence electrons. The fraction of sp³-hybridized carbons (Fsp3) is 0.333. The van der Waals surface area contributed by atoms with Crippen molar-refractivity contribution in [1.82, 2.24) is 0 Å². The minimum atomic E-state index is -1.20. The Morgan fingerprint density at radius 1 is 1.08 bits per heavy atom. The third-order valence-corrected chi connectivity index (χ3v) is 5.34. The molecule has 1 heterocycles. The van der Waals surface area contributed by atoms with Crippen LogP contribution < -0.4 is 0 Å². The number of fused-ring (bicyclic) bond motifs is 1. The summed E-state index contributed by atoms with van der Waals surface area (Å²) in [4.78, 5) is 25.5. The van der Waals surface area contributed by atoms with Gasteiger partial charge in [-0.2, -0.15) is 0 Å². The van der Waals surface area contributed by atoms with Crippen LogP contribution in [-0.4, -0.2) is 18.5 Å². The Morgan fingerprint density at radius 3 is 2.40 bits per heavy atom. The number of carbonyl (C=O) groups excluding carboxylic acids is 2. The first-order valence-electron chi connectivity index (χ1n) is 8.60. The number of benzene rings is 2. The van der Waals surface area contributed by atoms with Crippen molar-refractivity contribution in [3.05, 3.63) is 71.3 Å². The second-order valence-corrected chi connectivity index (χ2v) is 6.74. The summed E-state index contributed by atoms with van der Waals surface area (Å²) in [6.07, 6.45) is -0.414. The summed E-state index contributed by atoms with van der Waals surface area (Å²) >= 11 is 0. The minimum absolute atomic E-state index is 0.194. The fourth-order valence-corrected chi connectivity index (χ4v) is 4.14. The van der Waals surface area contributed by atoms with Crippen LogP contribution in [-0.2, 0) is 19.1 Å². The maximum absolute atomic E-state index is 12.8. The van der Waals surface area contributed by atoms with Crippen LogP contribution in [0, 0.1) is 18.3 Å². The predicted molar refractivity (Wildman–Crippen MR) is 91.8 cm³/mol. The Bertz CT molecular complexity index is 812. The van der Waals surface area contributed by atoms with Crippen molar-refractivity contribution in [1.29, 1.82) is 0 Å². The highest BCUT2D eigenvalue weighted by Crippen LogP contribution is 2.74. The van der Waals surface area contributed by atoms with Gasteiger partial charge in [0, 0.05) is 11.8 Å². The van der Waals surface area contributed by atoms with Crippen molar-refractivity contribution in [2.75, 3.05) is 6.61 Å². The zero-order valence-corrected chi connectivity index (χ0v) is 14.3. The van der Waals surface area contributed by atoms with Crippen molar-refractivity contribution in [3.8, 4) is 0 Å². The van der Waals surface area contributed by atoms with E-state index in [0.29, 0.717) is 0 Å². The molecule has 4 atom stereocenters. The highest BCUT2D eigenvalue weighted by Gasteiger charge is 2.83. The van der Waals surface area contributed by atoms with Gasteiger partial charge in [-0.1, -0.05) is 60.2 Å². The highest BCUT2D eigenvalue weighted by molar-refractivity contribution is 6.08. The molecule has 0 N–H and O–H groups in total. The standard InChI is InChI=1S/C21H20O4/c1-3-24-19(22)21-16(14-7-5-4-6-8-14)17(21)18(25-20(21)23)15-11-9-13(2)10-12-15/h4-12,16-18H,3H2,1-2H3/t16-,17+,18+,21+/m1/s1. The Morgan fingerprint density at radius 2 is 1.76 bits per heavy atom. The van der Waals surface area contributed by atoms with Crippen molar-refractivity contribution >= 4 is 11.9 Å². The molecule has 1 saturated heterocycles. The molecule has 25 heavy (non-hydrogen) atoms. The lowest BCUT2D eigenvalue weighted by Gasteiger charge is -2.17. The summed E-state index contributed by atoms with van der Waals surface area (Å²) in [5, 5.41) is 0. The molecule has 4 rings (SSSR count). The van der Waals surface area contributed by atoms with E-state index in [-0.39, 0.29) is 18.4 Å². The van der Waals surface area contributed by atoms with Gasteiger partial charge in [0.05, 0.1) is 6.61 Å². The SMILES string of the molecule is CCOC(=O)[C@@]12C(=O)O[C@@H](c3ccc(C)cc3)[C@@H]1[C@H]2c1ccccc1. The number of hydrogen-bond donors (Lipinski definition) is 0. The average Bonchev–Trinajstić information content (AvgIpc) is 3.24. The number of ether oxygens (including phenoxy) is 2. The van der Waals surface area contributed by atoms with E-state index >= 15 is 0 Å². The molecule has 0 radical (unpaired) electrons. The quantitative estimate of drug-likeness (QED) is 0.633. The summed E-state index contributed by atoms with van der Waals surface area (Å²) < 4.78 is 10.9. The van der Waals surface area contributed by atoms with E-state index < -0.39 is 23.5 Å². The number of rotatable bonds is 4. The maximum Gasteiger partial charge on any atom is 0.325 e. The molecule has 4 heteroatoms. The summed E-state index contributed by atoms with van der Waals surface area (Å²) in [6.45, 7) is 4.01. The van der Waals surface area contributed by atoms with E-state index in [2.05, 4.69) is 0 Å². The molecule has 1 aliphatic heterocycles. The zero-order valence-electron chi connectivity index (χ0n) is 14.3. The molecule has 4 nitrogen and oxygen atoms in total. The normalized spacial score (nSPS) is 29.7. The van der Waals surface area contributed by atoms with Crippen LogP contribution in [0.2, 0.25) is 0 Å². The molecule has 2 aromatic rings. The van der Waals surface area contributed by atoms with E-state index in [1.807, 2.05) is 61.5 Å². The lowest BCUT2D eigenvalue weighted by atomic mass is 9.99. The molecule has 0 unspecified atom stereocenters. The molecule has 2 fully saturated rings. The summed E-state index contributed by atoms with van der Waals surface area (Å²) in [7, 11) is 0. The van der Waals surface area contributed by atoms with Crippen molar-refractivity contribution < 1.29 is 19.1 Å². The summed E-state index contributed by atoms with van der Waals surface area (Å²) in [5.74, 6) is -1.34. The second-order valence-electron chi connectivity index (χ2n) is 6.74. The van der Waals surface area contributed by atoms with E-state index in [9.17, 15) is 9.59 Å². The number of esters is 2. The van der Waals surface area contributed by atoms with E-state index in [4.69, 9.17) is 9.47 Å². The molecule has 0 bridgehead atoms. The number of carbonyl (C=O) groups is 2. The third kappa shape index (κ3) is 2.20. The first kappa shape index (κ1) is 15.9. The van der Waals surface area contributed by atoms with Crippen molar-refractivity contribution in [3.63, 3.8) is 0 Å². The minimum Gasteiger partial charge on any atom is -0.465 e. The van der Waals surface area contributed by atoms with Crippen LogP contribution in [0.1, 0.15) is 35.6 Å². The first-order chi connectivity index (χ1) is 12.1. The molecule has 2 aliphatic rings. The molecular weight excluding hydrogens is 316 g/mol. The topological polar surface area (TPSA) is 52.6 Å². The van der Waals surface area contributed by atoms with Crippen molar-refractivity contribution in [2.45, 2.75) is 25.9 Å². The van der Waals surface area contributed by atoms with Crippen LogP contribution in [0.3, 0.4) is 0 Å². The number of hydrogen-bond acceptors (Lipinski definition) is 4. The van der Waals surface area contributed by atoms with Crippen LogP contribution >= 0.6 is 0 Å². The Hall–Kier alpha value is -2.62. The highest BCUT2D eigenvalue weighted by atomic mass is 16.6. The lowest BCUT2D eigenvalue weighted by Crippen LogP contribution is -2.29. The van der Waals surface area contributed by atoms with Gasteiger partial charge in [0.1, 0.15) is 6.10 Å². The molecule has 0 aromatic heterocycles. The third-order valence-electron chi connectivity index (χ3n) is 5.34. The lowest BCUT2D eigenvalue weighted by molar-refractivity contribution is -0.161. The maximum atomic E-state index is 12.8. The van der Waals surface area contributed by atoms with Gasteiger partial charge in [-0.05, 0) is 25.0 Å². The van der Waals surface area contributed by atoms with Crippen LogP contribution in [0.15, 0.2) is 54.6 Å². The Kier molecular flexibility index (Phi) is 3.64. The van der Waals surface area contributed by atoms with E-state index in [1.165, 1.54) is 0 Å². The molecule has 0 spiro atoms. The molecule has 2 aromatic carbocycles. The smallest absolute Gasteiger partial charge is 0.325 e. The first-order valence-corrected chi connectivity index (χ1v) is 8.60. The Labute approximate surface area is 146 Å². The van der Waals surface area contributed by atoms with Gasteiger partial charge < -0.3 is 9.47 Å².